The fraction of sp³-hybridized carbons (Fsp3) is 0.478. The first-order chi connectivity index (χ1) is 13.6. The number of hydrogen-bond donors (Lipinski definition) is 0. The number of nitrogens with zero attached hydrogens (tertiary/aromatic N) is 3. The van der Waals surface area contributed by atoms with E-state index in [4.69, 9.17) is 0 Å². The molecule has 2 aromatic rings. The van der Waals surface area contributed by atoms with Crippen molar-refractivity contribution >= 4 is 5.91 Å². The first-order valence-electron chi connectivity index (χ1n) is 10.4. The lowest BCUT2D eigenvalue weighted by Gasteiger charge is -2.41. The maximum absolute atomic E-state index is 12.9. The van der Waals surface area contributed by atoms with Gasteiger partial charge in [0.15, 0.2) is 0 Å². The van der Waals surface area contributed by atoms with Gasteiger partial charge in [0.2, 0.25) is 0 Å². The molecule has 1 unspecified atom stereocenters. The second-order valence-corrected chi connectivity index (χ2v) is 7.93. The number of aryl methyl sites for hydroxylation is 2. The molecule has 0 spiro atoms. The van der Waals surface area contributed by atoms with Gasteiger partial charge < -0.3 is 9.47 Å². The molecule has 1 atom stereocenters. The van der Waals surface area contributed by atoms with Crippen molar-refractivity contribution in [2.75, 3.05) is 26.2 Å². The molecule has 1 aliphatic heterocycles. The predicted octanol–water partition coefficient (Wildman–Crippen LogP) is 2.49. The van der Waals surface area contributed by atoms with E-state index < -0.39 is 0 Å². The molecule has 0 bridgehead atoms. The lowest BCUT2D eigenvalue weighted by atomic mass is 9.87. The third-order valence-corrected chi connectivity index (χ3v) is 6.38. The van der Waals surface area contributed by atoms with Crippen molar-refractivity contribution in [3.63, 3.8) is 0 Å². The van der Waals surface area contributed by atoms with Crippen molar-refractivity contribution in [2.45, 2.75) is 45.7 Å². The van der Waals surface area contributed by atoms with Crippen LogP contribution in [0.15, 0.2) is 41.2 Å². The molecule has 1 saturated heterocycles. The number of rotatable bonds is 3. The Morgan fingerprint density at radius 1 is 1.04 bits per heavy atom. The predicted molar refractivity (Wildman–Crippen MR) is 111 cm³/mol. The first kappa shape index (κ1) is 18.9. The van der Waals surface area contributed by atoms with E-state index in [9.17, 15) is 9.59 Å². The molecule has 1 aromatic carbocycles. The summed E-state index contributed by atoms with van der Waals surface area (Å²) in [4.78, 5) is 30.0. The van der Waals surface area contributed by atoms with Gasteiger partial charge in [-0.15, -0.1) is 0 Å². The van der Waals surface area contributed by atoms with Gasteiger partial charge in [-0.05, 0) is 56.4 Å². The highest BCUT2D eigenvalue weighted by molar-refractivity contribution is 5.94. The summed E-state index contributed by atoms with van der Waals surface area (Å²) in [7, 11) is 0. The van der Waals surface area contributed by atoms with Crippen LogP contribution in [0.25, 0.3) is 0 Å². The van der Waals surface area contributed by atoms with Crippen LogP contribution in [0.5, 0.6) is 0 Å². The van der Waals surface area contributed by atoms with Crippen LogP contribution >= 0.6 is 0 Å². The number of benzene rings is 1. The van der Waals surface area contributed by atoms with E-state index in [1.165, 1.54) is 17.5 Å². The normalized spacial score (nSPS) is 20.1. The van der Waals surface area contributed by atoms with Crippen molar-refractivity contribution in [3.8, 4) is 0 Å². The van der Waals surface area contributed by atoms with E-state index in [2.05, 4.69) is 29.2 Å². The average molecular weight is 380 g/mol. The molecule has 1 aromatic heterocycles. The van der Waals surface area contributed by atoms with E-state index in [0.717, 1.165) is 31.6 Å². The Kier molecular flexibility index (Phi) is 5.36. The number of hydrogen-bond acceptors (Lipinski definition) is 3. The smallest absolute Gasteiger partial charge is 0.263 e. The minimum absolute atomic E-state index is 0.124. The monoisotopic (exact) mass is 379 g/mol. The van der Waals surface area contributed by atoms with Crippen molar-refractivity contribution in [2.24, 2.45) is 0 Å². The van der Waals surface area contributed by atoms with E-state index in [1.807, 2.05) is 24.8 Å². The molecule has 2 heterocycles. The van der Waals surface area contributed by atoms with E-state index in [-0.39, 0.29) is 11.5 Å². The molecule has 28 heavy (non-hydrogen) atoms. The zero-order valence-electron chi connectivity index (χ0n) is 16.9. The summed E-state index contributed by atoms with van der Waals surface area (Å²) < 4.78 is 1.67. The van der Waals surface area contributed by atoms with Gasteiger partial charge in [0.25, 0.3) is 11.5 Å². The highest BCUT2D eigenvalue weighted by Crippen LogP contribution is 2.25. The summed E-state index contributed by atoms with van der Waals surface area (Å²) in [5.74, 6) is -0.124. The van der Waals surface area contributed by atoms with Gasteiger partial charge in [-0.25, -0.2) is 0 Å². The zero-order chi connectivity index (χ0) is 19.7. The van der Waals surface area contributed by atoms with Gasteiger partial charge in [-0.3, -0.25) is 14.5 Å². The van der Waals surface area contributed by atoms with Crippen LogP contribution in [0.4, 0.5) is 0 Å². The van der Waals surface area contributed by atoms with Crippen molar-refractivity contribution < 1.29 is 4.79 Å². The average Bonchev–Trinajstić information content (AvgIpc) is 2.73. The number of aromatic nitrogens is 1. The maximum atomic E-state index is 12.9. The second kappa shape index (κ2) is 7.92. The Balaban J connectivity index is 1.41. The molecular formula is C23H29N3O2. The summed E-state index contributed by atoms with van der Waals surface area (Å²) in [6.45, 7) is 7.57. The third-order valence-electron chi connectivity index (χ3n) is 6.38. The Bertz CT molecular complexity index is 926. The van der Waals surface area contributed by atoms with Crippen molar-refractivity contribution in [3.05, 3.63) is 69.1 Å². The Labute approximate surface area is 166 Å². The fourth-order valence-corrected chi connectivity index (χ4v) is 4.68. The van der Waals surface area contributed by atoms with Crippen LogP contribution in [-0.4, -0.2) is 52.5 Å². The molecule has 4 rings (SSSR count). The quantitative estimate of drug-likeness (QED) is 0.823. The van der Waals surface area contributed by atoms with Crippen molar-refractivity contribution in [1.29, 1.82) is 0 Å². The van der Waals surface area contributed by atoms with Gasteiger partial charge in [0.1, 0.15) is 5.56 Å². The standard InChI is InChI=1S/C23H29N3O2/c1-3-26-17(2)8-11-21(23(26)28)22(27)25-14-12-24(13-15-25)20-10-9-18-6-4-5-7-19(18)16-20/h4-8,11,20H,3,9-10,12-16H2,1-2H3. The Morgan fingerprint density at radius 3 is 2.46 bits per heavy atom. The second-order valence-electron chi connectivity index (χ2n) is 7.93. The summed E-state index contributed by atoms with van der Waals surface area (Å²) in [5.41, 5.74) is 3.98. The summed E-state index contributed by atoms with van der Waals surface area (Å²) in [5, 5.41) is 0. The highest BCUT2D eigenvalue weighted by Gasteiger charge is 2.29. The summed E-state index contributed by atoms with van der Waals surface area (Å²) in [6, 6.07) is 12.9. The van der Waals surface area contributed by atoms with Crippen LogP contribution in [-0.2, 0) is 19.4 Å². The number of fused-ring (bicyclic) bond motifs is 1. The molecule has 1 fully saturated rings. The van der Waals surface area contributed by atoms with Crippen LogP contribution in [0, 0.1) is 6.92 Å². The zero-order valence-corrected chi connectivity index (χ0v) is 16.9. The summed E-state index contributed by atoms with van der Waals surface area (Å²) >= 11 is 0. The van der Waals surface area contributed by atoms with Crippen LogP contribution in [0.2, 0.25) is 0 Å². The van der Waals surface area contributed by atoms with Gasteiger partial charge in [0, 0.05) is 44.5 Å². The number of piperazine rings is 1. The third kappa shape index (κ3) is 3.51. The molecule has 5 nitrogen and oxygen atoms in total. The van der Waals surface area contributed by atoms with Gasteiger partial charge in [0.05, 0.1) is 0 Å². The Hall–Kier alpha value is -2.40. The molecule has 1 aliphatic carbocycles. The van der Waals surface area contributed by atoms with E-state index in [0.29, 0.717) is 31.2 Å². The number of pyridine rings is 1. The van der Waals surface area contributed by atoms with Gasteiger partial charge >= 0.3 is 0 Å². The lowest BCUT2D eigenvalue weighted by molar-refractivity contribution is 0.0551. The SMILES string of the molecule is CCn1c(C)ccc(C(=O)N2CCN(C3CCc4ccccc4C3)CC2)c1=O. The van der Waals surface area contributed by atoms with Crippen LogP contribution in [0.1, 0.15) is 40.5 Å². The molecule has 0 saturated carbocycles. The molecule has 148 valence electrons. The number of amides is 1. The van der Waals surface area contributed by atoms with Crippen molar-refractivity contribution in [1.82, 2.24) is 14.4 Å². The largest absolute Gasteiger partial charge is 0.336 e. The number of carbonyl (C=O) groups is 1. The number of carbonyl (C=O) groups excluding carboxylic acids is 1. The fourth-order valence-electron chi connectivity index (χ4n) is 4.68. The molecule has 2 aliphatic rings. The first-order valence-corrected chi connectivity index (χ1v) is 10.4. The summed E-state index contributed by atoms with van der Waals surface area (Å²) in [6.07, 6.45) is 3.42. The van der Waals surface area contributed by atoms with E-state index in [1.54, 1.807) is 10.6 Å². The minimum Gasteiger partial charge on any atom is -0.336 e. The van der Waals surface area contributed by atoms with Crippen LogP contribution in [0.3, 0.4) is 0 Å². The van der Waals surface area contributed by atoms with Gasteiger partial charge in [-0.2, -0.15) is 0 Å². The topological polar surface area (TPSA) is 45.6 Å². The van der Waals surface area contributed by atoms with Crippen LogP contribution < -0.4 is 5.56 Å². The van der Waals surface area contributed by atoms with E-state index >= 15 is 0 Å². The molecular weight excluding hydrogens is 350 g/mol. The van der Waals surface area contributed by atoms with Gasteiger partial charge in [-0.1, -0.05) is 24.3 Å². The minimum atomic E-state index is -0.168. The lowest BCUT2D eigenvalue weighted by Crippen LogP contribution is -2.53. The molecule has 1 amide bonds. The molecule has 0 N–H and O–H groups in total. The Morgan fingerprint density at radius 2 is 1.75 bits per heavy atom. The highest BCUT2D eigenvalue weighted by atomic mass is 16.2. The molecule has 0 radical (unpaired) electrons. The molecule has 5 heteroatoms. The maximum Gasteiger partial charge on any atom is 0.263 e.